The van der Waals surface area contributed by atoms with Gasteiger partial charge in [-0.1, -0.05) is 36.4 Å². The van der Waals surface area contributed by atoms with Crippen LogP contribution >= 0.6 is 0 Å². The molecular weight excluding hydrogens is 406 g/mol. The fourth-order valence-corrected chi connectivity index (χ4v) is 4.75. The first kappa shape index (κ1) is 22.0. The smallest absolute Gasteiger partial charge is 0.307 e. The number of rotatable bonds is 7. The lowest BCUT2D eigenvalue weighted by molar-refractivity contribution is -0.143. The van der Waals surface area contributed by atoms with Gasteiger partial charge in [0, 0.05) is 12.1 Å². The summed E-state index contributed by atoms with van der Waals surface area (Å²) in [6, 6.07) is 18.3. The number of hydrogen-bond donors (Lipinski definition) is 1. The summed E-state index contributed by atoms with van der Waals surface area (Å²) in [7, 11) is 4.81. The Morgan fingerprint density at radius 1 is 0.969 bits per heavy atom. The summed E-state index contributed by atoms with van der Waals surface area (Å²) >= 11 is 0. The van der Waals surface area contributed by atoms with Gasteiger partial charge in [0.15, 0.2) is 11.5 Å². The fraction of sp³-hybridized carbons (Fsp3) is 0.346. The van der Waals surface area contributed by atoms with E-state index in [9.17, 15) is 9.90 Å². The van der Waals surface area contributed by atoms with Crippen molar-refractivity contribution in [1.29, 1.82) is 0 Å². The molecular formula is C26H29NO5. The van der Waals surface area contributed by atoms with Crippen molar-refractivity contribution in [1.82, 2.24) is 4.90 Å². The maximum atomic E-state index is 11.8. The summed E-state index contributed by atoms with van der Waals surface area (Å²) in [5.41, 5.74) is 2.01. The van der Waals surface area contributed by atoms with E-state index in [0.29, 0.717) is 30.2 Å². The number of likely N-dealkylation sites (tertiary alicyclic amines) is 1. The fourth-order valence-electron chi connectivity index (χ4n) is 4.75. The molecule has 4 rings (SSSR count). The number of fused-ring (bicyclic) bond motifs is 1. The molecule has 1 aliphatic heterocycles. The summed E-state index contributed by atoms with van der Waals surface area (Å²) in [4.78, 5) is 14.0. The SMILES string of the molecule is COc1ccc(C(c2ccc3ccccc3c2)N2CCCC(C(=O)O)C2)c(OC)c1OC. The van der Waals surface area contributed by atoms with Crippen LogP contribution in [0.2, 0.25) is 0 Å². The predicted octanol–water partition coefficient (Wildman–Crippen LogP) is 4.75. The molecule has 1 N–H and O–H groups in total. The summed E-state index contributed by atoms with van der Waals surface area (Å²) < 4.78 is 16.9. The van der Waals surface area contributed by atoms with Crippen molar-refractivity contribution in [3.8, 4) is 17.2 Å². The van der Waals surface area contributed by atoms with Crippen molar-refractivity contribution in [2.24, 2.45) is 5.92 Å². The molecule has 1 saturated heterocycles. The van der Waals surface area contributed by atoms with Crippen LogP contribution in [0, 0.1) is 5.92 Å². The van der Waals surface area contributed by atoms with E-state index in [4.69, 9.17) is 14.2 Å². The highest BCUT2D eigenvalue weighted by Crippen LogP contribution is 2.46. The minimum absolute atomic E-state index is 0.184. The van der Waals surface area contributed by atoms with Crippen LogP contribution in [-0.2, 0) is 4.79 Å². The number of methoxy groups -OCH3 is 3. The summed E-state index contributed by atoms with van der Waals surface area (Å²) in [6.07, 6.45) is 1.52. The molecule has 2 atom stereocenters. The lowest BCUT2D eigenvalue weighted by atomic mass is 9.90. The van der Waals surface area contributed by atoms with E-state index in [1.165, 1.54) is 0 Å². The summed E-state index contributed by atoms with van der Waals surface area (Å²) in [5, 5.41) is 12.0. The average Bonchev–Trinajstić information content (AvgIpc) is 2.83. The lowest BCUT2D eigenvalue weighted by Gasteiger charge is -2.38. The van der Waals surface area contributed by atoms with Gasteiger partial charge in [-0.25, -0.2) is 0 Å². The third-order valence-corrected chi connectivity index (χ3v) is 6.29. The van der Waals surface area contributed by atoms with Gasteiger partial charge in [0.05, 0.1) is 33.3 Å². The number of benzene rings is 3. The van der Waals surface area contributed by atoms with E-state index in [-0.39, 0.29) is 6.04 Å². The number of piperidine rings is 1. The molecule has 2 unspecified atom stereocenters. The zero-order valence-electron chi connectivity index (χ0n) is 18.7. The third kappa shape index (κ3) is 4.10. The number of carbonyl (C=O) groups is 1. The highest BCUT2D eigenvalue weighted by molar-refractivity contribution is 5.83. The standard InChI is InChI=1S/C26H29NO5/c1-30-22-13-12-21(24(31-2)25(22)32-3)23(27-14-6-9-20(16-27)26(28)29)19-11-10-17-7-4-5-8-18(17)15-19/h4-5,7-8,10-13,15,20,23H,6,9,14,16H2,1-3H3,(H,28,29). The van der Waals surface area contributed by atoms with E-state index in [1.54, 1.807) is 21.3 Å². The Morgan fingerprint density at radius 3 is 2.41 bits per heavy atom. The Balaban J connectivity index is 1.88. The zero-order chi connectivity index (χ0) is 22.7. The molecule has 0 spiro atoms. The maximum Gasteiger partial charge on any atom is 0.307 e. The number of ether oxygens (including phenoxy) is 3. The molecule has 1 aliphatic rings. The van der Waals surface area contributed by atoms with Crippen LogP contribution in [0.4, 0.5) is 0 Å². The topological polar surface area (TPSA) is 68.2 Å². The van der Waals surface area contributed by atoms with E-state index in [0.717, 1.165) is 34.9 Å². The molecule has 0 aromatic heterocycles. The second kappa shape index (κ2) is 9.49. The van der Waals surface area contributed by atoms with Crippen molar-refractivity contribution in [2.45, 2.75) is 18.9 Å². The number of hydrogen-bond acceptors (Lipinski definition) is 5. The van der Waals surface area contributed by atoms with Gasteiger partial charge < -0.3 is 19.3 Å². The highest BCUT2D eigenvalue weighted by atomic mass is 16.5. The largest absolute Gasteiger partial charge is 0.493 e. The molecule has 0 amide bonds. The number of aliphatic carboxylic acids is 1. The first-order valence-electron chi connectivity index (χ1n) is 10.8. The van der Waals surface area contributed by atoms with Gasteiger partial charge in [-0.3, -0.25) is 9.69 Å². The molecule has 3 aromatic rings. The van der Waals surface area contributed by atoms with Crippen LogP contribution in [-0.4, -0.2) is 50.4 Å². The second-order valence-corrected chi connectivity index (χ2v) is 8.10. The maximum absolute atomic E-state index is 11.8. The van der Waals surface area contributed by atoms with E-state index in [1.807, 2.05) is 24.3 Å². The van der Waals surface area contributed by atoms with Gasteiger partial charge in [-0.05, 0) is 53.9 Å². The first-order chi connectivity index (χ1) is 15.6. The Morgan fingerprint density at radius 2 is 1.72 bits per heavy atom. The normalized spacial score (nSPS) is 17.7. The van der Waals surface area contributed by atoms with Crippen LogP contribution in [0.3, 0.4) is 0 Å². The van der Waals surface area contributed by atoms with Gasteiger partial charge in [-0.15, -0.1) is 0 Å². The zero-order valence-corrected chi connectivity index (χ0v) is 18.7. The van der Waals surface area contributed by atoms with Gasteiger partial charge in [-0.2, -0.15) is 0 Å². The molecule has 0 bridgehead atoms. The lowest BCUT2D eigenvalue weighted by Crippen LogP contribution is -2.41. The van der Waals surface area contributed by atoms with Crippen molar-refractivity contribution in [2.75, 3.05) is 34.4 Å². The molecule has 32 heavy (non-hydrogen) atoms. The van der Waals surface area contributed by atoms with Crippen molar-refractivity contribution in [3.05, 3.63) is 65.7 Å². The van der Waals surface area contributed by atoms with Crippen LogP contribution in [0.5, 0.6) is 17.2 Å². The minimum atomic E-state index is -0.744. The van der Waals surface area contributed by atoms with Crippen molar-refractivity contribution < 1.29 is 24.1 Å². The molecule has 1 heterocycles. The average molecular weight is 436 g/mol. The van der Waals surface area contributed by atoms with Crippen LogP contribution in [0.1, 0.15) is 30.0 Å². The quantitative estimate of drug-likeness (QED) is 0.578. The molecule has 0 radical (unpaired) electrons. The molecule has 0 saturated carbocycles. The third-order valence-electron chi connectivity index (χ3n) is 6.29. The van der Waals surface area contributed by atoms with E-state index < -0.39 is 11.9 Å². The summed E-state index contributed by atoms with van der Waals surface area (Å²) in [6.45, 7) is 1.28. The van der Waals surface area contributed by atoms with Gasteiger partial charge in [0.1, 0.15) is 0 Å². The van der Waals surface area contributed by atoms with Crippen LogP contribution < -0.4 is 14.2 Å². The summed E-state index contributed by atoms with van der Waals surface area (Å²) in [5.74, 6) is 0.587. The molecule has 3 aromatic carbocycles. The van der Waals surface area contributed by atoms with Gasteiger partial charge >= 0.3 is 5.97 Å². The van der Waals surface area contributed by atoms with Crippen LogP contribution in [0.25, 0.3) is 10.8 Å². The van der Waals surface area contributed by atoms with Crippen molar-refractivity contribution >= 4 is 16.7 Å². The number of carboxylic acid groups (broad SMARTS) is 1. The number of nitrogens with zero attached hydrogens (tertiary/aromatic N) is 1. The van der Waals surface area contributed by atoms with E-state index >= 15 is 0 Å². The molecule has 6 heteroatoms. The Bertz CT molecular complexity index is 1110. The van der Waals surface area contributed by atoms with E-state index in [2.05, 4.69) is 35.2 Å². The Hall–Kier alpha value is -3.25. The Kier molecular flexibility index (Phi) is 6.51. The highest BCUT2D eigenvalue weighted by Gasteiger charge is 2.34. The van der Waals surface area contributed by atoms with Gasteiger partial charge in [0.2, 0.25) is 5.75 Å². The molecule has 6 nitrogen and oxygen atoms in total. The first-order valence-corrected chi connectivity index (χ1v) is 10.8. The molecule has 0 aliphatic carbocycles. The minimum Gasteiger partial charge on any atom is -0.493 e. The second-order valence-electron chi connectivity index (χ2n) is 8.10. The monoisotopic (exact) mass is 435 g/mol. The Labute approximate surface area is 188 Å². The van der Waals surface area contributed by atoms with Gasteiger partial charge in [0.25, 0.3) is 0 Å². The van der Waals surface area contributed by atoms with Crippen molar-refractivity contribution in [3.63, 3.8) is 0 Å². The molecule has 168 valence electrons. The number of carboxylic acids is 1. The van der Waals surface area contributed by atoms with Crippen LogP contribution in [0.15, 0.2) is 54.6 Å². The predicted molar refractivity (Wildman–Crippen MR) is 124 cm³/mol. The molecule has 1 fully saturated rings.